The van der Waals surface area contributed by atoms with E-state index < -0.39 is 27.2 Å². The average molecular weight is 575 g/mol. The van der Waals surface area contributed by atoms with Crippen molar-refractivity contribution in [1.29, 1.82) is 0 Å². The van der Waals surface area contributed by atoms with Gasteiger partial charge in [0.05, 0.1) is 23.8 Å². The van der Waals surface area contributed by atoms with E-state index in [4.69, 9.17) is 4.74 Å². The number of esters is 1. The SMILES string of the molecule is COC(=O)C1(C)CCN(c2cccc(S(=O)(=O)Nc3ccc(C(F)(F)F)c(-c4ccccc4C4CC4)n3)n2)CC1. The number of anilines is 2. The third kappa shape index (κ3) is 5.63. The summed E-state index contributed by atoms with van der Waals surface area (Å²) in [4.78, 5) is 22.5. The monoisotopic (exact) mass is 574 g/mol. The minimum Gasteiger partial charge on any atom is -0.469 e. The van der Waals surface area contributed by atoms with Gasteiger partial charge in [-0.15, -0.1) is 0 Å². The maximum Gasteiger partial charge on any atom is 0.418 e. The summed E-state index contributed by atoms with van der Waals surface area (Å²) < 4.78 is 75.5. The number of rotatable bonds is 7. The van der Waals surface area contributed by atoms with E-state index in [1.165, 1.54) is 13.2 Å². The molecule has 2 aliphatic rings. The molecule has 0 radical (unpaired) electrons. The minimum atomic E-state index is -4.68. The summed E-state index contributed by atoms with van der Waals surface area (Å²) in [5.74, 6) is 0.0392. The molecular formula is C28H29F3N4O4S. The van der Waals surface area contributed by atoms with Gasteiger partial charge in [-0.25, -0.2) is 9.97 Å². The number of alkyl halides is 3. The van der Waals surface area contributed by atoms with Crippen molar-refractivity contribution in [3.8, 4) is 11.3 Å². The first-order valence-corrected chi connectivity index (χ1v) is 14.4. The summed E-state index contributed by atoms with van der Waals surface area (Å²) in [6, 6.07) is 13.2. The first-order chi connectivity index (χ1) is 18.9. The number of ether oxygens (including phenoxy) is 1. The number of pyridine rings is 2. The Bertz CT molecular complexity index is 1530. The summed E-state index contributed by atoms with van der Waals surface area (Å²) in [6.45, 7) is 2.78. The molecule has 5 rings (SSSR count). The van der Waals surface area contributed by atoms with E-state index in [2.05, 4.69) is 14.7 Å². The second kappa shape index (κ2) is 10.4. The van der Waals surface area contributed by atoms with Gasteiger partial charge in [0.1, 0.15) is 11.6 Å². The highest BCUT2D eigenvalue weighted by atomic mass is 32.2. The standard InChI is InChI=1S/C28H29F3N4O4S/c1-27(26(36)39-2)14-16-35(17-15-27)23-8-5-9-24(33-23)40(37,38)34-22-13-12-21(28(29,30)31)25(32-22)20-7-4-3-6-19(20)18-10-11-18/h3-9,12-13,18H,10-11,14-17H2,1-2H3,(H,32,34). The van der Waals surface area contributed by atoms with E-state index in [0.29, 0.717) is 37.3 Å². The molecule has 0 spiro atoms. The van der Waals surface area contributed by atoms with Crippen molar-refractivity contribution in [3.63, 3.8) is 0 Å². The maximum atomic E-state index is 13.9. The Balaban J connectivity index is 1.42. The van der Waals surface area contributed by atoms with Crippen LogP contribution in [-0.4, -0.2) is 44.6 Å². The van der Waals surface area contributed by atoms with Crippen LogP contribution in [0.15, 0.2) is 59.6 Å². The fraction of sp³-hybridized carbons (Fsp3) is 0.393. The number of benzene rings is 1. The van der Waals surface area contributed by atoms with Crippen LogP contribution in [0, 0.1) is 5.41 Å². The summed E-state index contributed by atoms with van der Waals surface area (Å²) in [5.41, 5.74) is -0.783. The van der Waals surface area contributed by atoms with Gasteiger partial charge in [0, 0.05) is 18.7 Å². The Morgan fingerprint density at radius 1 is 1.02 bits per heavy atom. The molecule has 0 unspecified atom stereocenters. The van der Waals surface area contributed by atoms with E-state index >= 15 is 0 Å². The minimum absolute atomic E-state index is 0.159. The van der Waals surface area contributed by atoms with Crippen LogP contribution in [0.1, 0.15) is 49.7 Å². The second-order valence-corrected chi connectivity index (χ2v) is 12.1. The van der Waals surface area contributed by atoms with Gasteiger partial charge in [0.2, 0.25) is 0 Å². The molecule has 40 heavy (non-hydrogen) atoms. The smallest absolute Gasteiger partial charge is 0.418 e. The van der Waals surface area contributed by atoms with Crippen molar-refractivity contribution in [2.75, 3.05) is 29.8 Å². The van der Waals surface area contributed by atoms with Crippen molar-refractivity contribution < 1.29 is 31.1 Å². The molecule has 1 aliphatic heterocycles. The van der Waals surface area contributed by atoms with Gasteiger partial charge in [-0.2, -0.15) is 21.6 Å². The first kappa shape index (κ1) is 27.9. The van der Waals surface area contributed by atoms with E-state index in [1.807, 2.05) is 11.8 Å². The molecule has 1 N–H and O–H groups in total. The predicted octanol–water partition coefficient (Wildman–Crippen LogP) is 5.62. The molecule has 0 amide bonds. The zero-order valence-corrected chi connectivity index (χ0v) is 22.8. The molecule has 1 saturated heterocycles. The average Bonchev–Trinajstić information content (AvgIpc) is 3.78. The zero-order chi connectivity index (χ0) is 28.7. The van der Waals surface area contributed by atoms with Crippen LogP contribution in [0.2, 0.25) is 0 Å². The van der Waals surface area contributed by atoms with Crippen LogP contribution < -0.4 is 9.62 Å². The van der Waals surface area contributed by atoms with Crippen molar-refractivity contribution in [1.82, 2.24) is 9.97 Å². The van der Waals surface area contributed by atoms with Crippen LogP contribution in [0.25, 0.3) is 11.3 Å². The molecule has 2 fully saturated rings. The highest BCUT2D eigenvalue weighted by Gasteiger charge is 2.39. The lowest BCUT2D eigenvalue weighted by molar-refractivity contribution is -0.153. The van der Waals surface area contributed by atoms with E-state index in [1.54, 1.807) is 36.4 Å². The molecule has 1 aromatic carbocycles. The maximum absolute atomic E-state index is 13.9. The van der Waals surface area contributed by atoms with Crippen LogP contribution in [-0.2, 0) is 25.7 Å². The Morgan fingerprint density at radius 2 is 1.73 bits per heavy atom. The van der Waals surface area contributed by atoms with Gasteiger partial charge in [-0.3, -0.25) is 9.52 Å². The summed E-state index contributed by atoms with van der Waals surface area (Å²) in [5, 5.41) is -0.298. The Morgan fingerprint density at radius 3 is 2.38 bits per heavy atom. The molecule has 3 aromatic rings. The zero-order valence-electron chi connectivity index (χ0n) is 22.0. The number of carbonyl (C=O) groups is 1. The highest BCUT2D eigenvalue weighted by molar-refractivity contribution is 7.92. The van der Waals surface area contributed by atoms with E-state index in [0.717, 1.165) is 30.5 Å². The summed E-state index contributed by atoms with van der Waals surface area (Å²) in [7, 11) is -2.93. The third-order valence-electron chi connectivity index (χ3n) is 7.53. The second-order valence-electron chi connectivity index (χ2n) is 10.4. The molecule has 0 bridgehead atoms. The Labute approximate surface area is 230 Å². The van der Waals surface area contributed by atoms with Crippen LogP contribution in [0.3, 0.4) is 0 Å². The highest BCUT2D eigenvalue weighted by Crippen LogP contribution is 2.46. The number of nitrogens with one attached hydrogen (secondary N) is 1. The molecule has 0 atom stereocenters. The predicted molar refractivity (Wildman–Crippen MR) is 143 cm³/mol. The van der Waals surface area contributed by atoms with E-state index in [-0.39, 0.29) is 28.4 Å². The lowest BCUT2D eigenvalue weighted by Gasteiger charge is -2.37. The van der Waals surface area contributed by atoms with Crippen molar-refractivity contribution in [2.45, 2.75) is 49.7 Å². The topological polar surface area (TPSA) is 101 Å². The number of halogens is 3. The Kier molecular flexibility index (Phi) is 7.24. The number of carbonyl (C=O) groups excluding carboxylic acids is 1. The Hall–Kier alpha value is -3.67. The lowest BCUT2D eigenvalue weighted by atomic mass is 9.80. The van der Waals surface area contributed by atoms with Gasteiger partial charge < -0.3 is 9.64 Å². The van der Waals surface area contributed by atoms with Crippen LogP contribution in [0.5, 0.6) is 0 Å². The molecule has 1 saturated carbocycles. The fourth-order valence-electron chi connectivity index (χ4n) is 5.01. The molecule has 12 heteroatoms. The van der Waals surface area contributed by atoms with Gasteiger partial charge in [0.15, 0.2) is 5.03 Å². The lowest BCUT2D eigenvalue weighted by Crippen LogP contribution is -2.43. The molecular weight excluding hydrogens is 545 g/mol. The number of aromatic nitrogens is 2. The normalized spacial score (nSPS) is 17.4. The third-order valence-corrected chi connectivity index (χ3v) is 8.78. The van der Waals surface area contributed by atoms with Gasteiger partial charge in [-0.05, 0) is 68.4 Å². The number of methoxy groups -OCH3 is 1. The van der Waals surface area contributed by atoms with Crippen LogP contribution in [0.4, 0.5) is 24.8 Å². The number of nitrogens with zero attached hydrogens (tertiary/aromatic N) is 3. The summed E-state index contributed by atoms with van der Waals surface area (Å²) in [6.07, 6.45) is -1.89. The number of sulfonamides is 1. The molecule has 1 aliphatic carbocycles. The van der Waals surface area contributed by atoms with E-state index in [9.17, 15) is 26.4 Å². The molecule has 3 heterocycles. The number of hydrogen-bond donors (Lipinski definition) is 1. The molecule has 212 valence electrons. The van der Waals surface area contributed by atoms with Crippen molar-refractivity contribution in [2.24, 2.45) is 5.41 Å². The van der Waals surface area contributed by atoms with Crippen molar-refractivity contribution >= 4 is 27.6 Å². The first-order valence-electron chi connectivity index (χ1n) is 12.9. The molecule has 2 aromatic heterocycles. The number of hydrogen-bond acceptors (Lipinski definition) is 7. The van der Waals surface area contributed by atoms with Gasteiger partial charge in [-0.1, -0.05) is 30.3 Å². The number of piperidine rings is 1. The molecule has 8 nitrogen and oxygen atoms in total. The van der Waals surface area contributed by atoms with Gasteiger partial charge in [0.25, 0.3) is 10.0 Å². The largest absolute Gasteiger partial charge is 0.469 e. The van der Waals surface area contributed by atoms with Crippen LogP contribution >= 0.6 is 0 Å². The summed E-state index contributed by atoms with van der Waals surface area (Å²) >= 11 is 0. The fourth-order valence-corrected chi connectivity index (χ4v) is 5.98. The quantitative estimate of drug-likeness (QED) is 0.366. The van der Waals surface area contributed by atoms with Gasteiger partial charge >= 0.3 is 12.1 Å². The van der Waals surface area contributed by atoms with Crippen molar-refractivity contribution in [3.05, 3.63) is 65.7 Å².